The number of halogens is 2. The Bertz CT molecular complexity index is 1260. The van der Waals surface area contributed by atoms with Crippen LogP contribution in [-0.2, 0) is 22.6 Å². The van der Waals surface area contributed by atoms with Gasteiger partial charge in [0.05, 0.1) is 46.7 Å². The van der Waals surface area contributed by atoms with Crippen LogP contribution >= 0.6 is 11.6 Å². The Morgan fingerprint density at radius 2 is 2.12 bits per heavy atom. The third kappa shape index (κ3) is 4.89. The van der Waals surface area contributed by atoms with Gasteiger partial charge in [-0.2, -0.15) is 0 Å². The van der Waals surface area contributed by atoms with Crippen LogP contribution in [0.3, 0.4) is 0 Å². The van der Waals surface area contributed by atoms with E-state index in [1.807, 2.05) is 13.0 Å². The number of carbonyl (C=O) groups is 2. The number of unbranched alkanes of at least 4 members (excludes halogenated alkanes) is 1. The van der Waals surface area contributed by atoms with Gasteiger partial charge in [0.1, 0.15) is 12.4 Å². The molecule has 8 nitrogen and oxygen atoms in total. The van der Waals surface area contributed by atoms with Gasteiger partial charge >= 0.3 is 0 Å². The number of hydrogen-bond acceptors (Lipinski definition) is 4. The van der Waals surface area contributed by atoms with Crippen LogP contribution in [0.2, 0.25) is 5.02 Å². The summed E-state index contributed by atoms with van der Waals surface area (Å²) in [5, 5.41) is 5.67. The molecule has 1 aliphatic heterocycles. The SMILES string of the molecule is CCCCC1c2c([nH]n(-c3ccc(F)c(Cl)c3)c2=O)CC(=O)N1CC(=O)NCc1ccccn1. The van der Waals surface area contributed by atoms with E-state index in [1.165, 1.54) is 27.8 Å². The predicted molar refractivity (Wildman–Crippen MR) is 125 cm³/mol. The molecule has 34 heavy (non-hydrogen) atoms. The van der Waals surface area contributed by atoms with E-state index >= 15 is 0 Å². The fourth-order valence-corrected chi connectivity index (χ4v) is 4.34. The van der Waals surface area contributed by atoms with Crippen LogP contribution < -0.4 is 10.9 Å². The number of hydrogen-bond donors (Lipinski definition) is 2. The van der Waals surface area contributed by atoms with Gasteiger partial charge in [-0.3, -0.25) is 24.5 Å². The Kier molecular flexibility index (Phi) is 7.12. The van der Waals surface area contributed by atoms with E-state index in [1.54, 1.807) is 18.3 Å². The highest BCUT2D eigenvalue weighted by atomic mass is 35.5. The summed E-state index contributed by atoms with van der Waals surface area (Å²) < 4.78 is 14.9. The molecule has 2 N–H and O–H groups in total. The zero-order valence-corrected chi connectivity index (χ0v) is 19.4. The quantitative estimate of drug-likeness (QED) is 0.511. The third-order valence-corrected chi connectivity index (χ3v) is 6.15. The Labute approximate surface area is 200 Å². The number of nitrogens with one attached hydrogen (secondary N) is 2. The Balaban J connectivity index is 1.61. The molecule has 1 unspecified atom stereocenters. The molecule has 178 valence electrons. The van der Waals surface area contributed by atoms with Gasteiger partial charge in [-0.25, -0.2) is 9.07 Å². The summed E-state index contributed by atoms with van der Waals surface area (Å²) >= 11 is 5.90. The van der Waals surface area contributed by atoms with Crippen LogP contribution in [-0.4, -0.2) is 38.0 Å². The lowest BCUT2D eigenvalue weighted by atomic mass is 9.94. The van der Waals surface area contributed by atoms with E-state index in [0.717, 1.165) is 12.8 Å². The maximum absolute atomic E-state index is 13.6. The second-order valence-corrected chi connectivity index (χ2v) is 8.60. The van der Waals surface area contributed by atoms with Crippen LogP contribution in [0.4, 0.5) is 4.39 Å². The Morgan fingerprint density at radius 1 is 1.29 bits per heavy atom. The monoisotopic (exact) mass is 485 g/mol. The Morgan fingerprint density at radius 3 is 2.82 bits per heavy atom. The molecule has 0 bridgehead atoms. The molecule has 0 saturated heterocycles. The molecular weight excluding hydrogens is 461 g/mol. The maximum Gasteiger partial charge on any atom is 0.276 e. The van der Waals surface area contributed by atoms with Gasteiger partial charge in [-0.1, -0.05) is 37.4 Å². The first-order valence-corrected chi connectivity index (χ1v) is 11.5. The number of H-pyrrole nitrogens is 1. The minimum atomic E-state index is -0.589. The van der Waals surface area contributed by atoms with E-state index in [0.29, 0.717) is 29.1 Å². The van der Waals surface area contributed by atoms with Gasteiger partial charge in [0.15, 0.2) is 0 Å². The highest BCUT2D eigenvalue weighted by Gasteiger charge is 2.37. The number of benzene rings is 1. The second-order valence-electron chi connectivity index (χ2n) is 8.20. The van der Waals surface area contributed by atoms with Crippen molar-refractivity contribution in [2.45, 2.75) is 45.2 Å². The summed E-state index contributed by atoms with van der Waals surface area (Å²) in [5.41, 5.74) is 1.68. The van der Waals surface area contributed by atoms with Gasteiger partial charge in [-0.05, 0) is 36.8 Å². The van der Waals surface area contributed by atoms with E-state index < -0.39 is 11.9 Å². The highest BCUT2D eigenvalue weighted by molar-refractivity contribution is 6.30. The molecule has 10 heteroatoms. The summed E-state index contributed by atoms with van der Waals surface area (Å²) in [6, 6.07) is 8.85. The van der Waals surface area contributed by atoms with Crippen LogP contribution in [0, 0.1) is 5.82 Å². The first kappa shape index (κ1) is 23.7. The first-order chi connectivity index (χ1) is 16.4. The molecule has 3 aromatic rings. The molecule has 0 saturated carbocycles. The van der Waals surface area contributed by atoms with Crippen LogP contribution in [0.15, 0.2) is 47.4 Å². The molecular formula is C24H25ClFN5O3. The van der Waals surface area contributed by atoms with Crippen molar-refractivity contribution < 1.29 is 14.0 Å². The van der Waals surface area contributed by atoms with Crippen LogP contribution in [0.5, 0.6) is 0 Å². The zero-order chi connectivity index (χ0) is 24.2. The number of aromatic amines is 1. The summed E-state index contributed by atoms with van der Waals surface area (Å²) in [6.07, 6.45) is 3.79. The lowest BCUT2D eigenvalue weighted by Crippen LogP contribution is -2.47. The topological polar surface area (TPSA) is 100 Å². The number of rotatable bonds is 8. The lowest BCUT2D eigenvalue weighted by molar-refractivity contribution is -0.139. The number of pyridine rings is 1. The van der Waals surface area contributed by atoms with Crippen molar-refractivity contribution >= 4 is 23.4 Å². The van der Waals surface area contributed by atoms with Gasteiger partial charge in [0.2, 0.25) is 11.8 Å². The molecule has 0 spiro atoms. The summed E-state index contributed by atoms with van der Waals surface area (Å²) in [4.78, 5) is 44.7. The van der Waals surface area contributed by atoms with E-state index in [2.05, 4.69) is 15.4 Å². The third-order valence-electron chi connectivity index (χ3n) is 5.86. The molecule has 0 fully saturated rings. The molecule has 1 aromatic carbocycles. The van der Waals surface area contributed by atoms with E-state index in [-0.39, 0.29) is 41.9 Å². The second kappa shape index (κ2) is 10.2. The van der Waals surface area contributed by atoms with Gasteiger partial charge in [0, 0.05) is 6.20 Å². The molecule has 0 radical (unpaired) electrons. The molecule has 0 aliphatic carbocycles. The minimum absolute atomic E-state index is 0.0390. The molecule has 4 rings (SSSR count). The number of amides is 2. The number of carbonyl (C=O) groups excluding carboxylic acids is 2. The smallest absolute Gasteiger partial charge is 0.276 e. The maximum atomic E-state index is 13.6. The first-order valence-electron chi connectivity index (χ1n) is 11.1. The average Bonchev–Trinajstić information content (AvgIpc) is 3.15. The van der Waals surface area contributed by atoms with E-state index in [9.17, 15) is 18.8 Å². The molecule has 2 amide bonds. The zero-order valence-electron chi connectivity index (χ0n) is 18.7. The molecule has 1 aliphatic rings. The van der Waals surface area contributed by atoms with Crippen molar-refractivity contribution in [1.82, 2.24) is 25.0 Å². The van der Waals surface area contributed by atoms with Crippen LogP contribution in [0.1, 0.15) is 49.2 Å². The van der Waals surface area contributed by atoms with Gasteiger partial charge in [-0.15, -0.1) is 0 Å². The largest absolute Gasteiger partial charge is 0.349 e. The van der Waals surface area contributed by atoms with Gasteiger partial charge < -0.3 is 10.2 Å². The molecule has 2 aromatic heterocycles. The Hall–Kier alpha value is -3.46. The molecule has 1 atom stereocenters. The lowest BCUT2D eigenvalue weighted by Gasteiger charge is -2.34. The standard InChI is InChI=1S/C24H25ClFN5O3/c1-2-3-7-20-23-19(29-31(24(23)34)16-8-9-18(26)17(25)11-16)12-22(33)30(20)14-21(32)28-13-15-6-4-5-10-27-15/h4-6,8-11,20,29H,2-3,7,12-14H2,1H3,(H,28,32). The van der Waals surface area contributed by atoms with Crippen molar-refractivity contribution in [2.75, 3.05) is 6.54 Å². The van der Waals surface area contributed by atoms with Crippen molar-refractivity contribution in [1.29, 1.82) is 0 Å². The fraction of sp³-hybridized carbons (Fsp3) is 0.333. The van der Waals surface area contributed by atoms with E-state index in [4.69, 9.17) is 11.6 Å². The average molecular weight is 486 g/mol. The van der Waals surface area contributed by atoms with Crippen molar-refractivity contribution in [2.24, 2.45) is 0 Å². The summed E-state index contributed by atoms with van der Waals surface area (Å²) in [6.45, 7) is 2.10. The van der Waals surface area contributed by atoms with Crippen molar-refractivity contribution in [3.8, 4) is 5.69 Å². The van der Waals surface area contributed by atoms with Crippen molar-refractivity contribution in [3.63, 3.8) is 0 Å². The molecule has 3 heterocycles. The summed E-state index contributed by atoms with van der Waals surface area (Å²) in [7, 11) is 0. The highest BCUT2D eigenvalue weighted by Crippen LogP contribution is 2.32. The van der Waals surface area contributed by atoms with Crippen molar-refractivity contribution in [3.05, 3.63) is 80.7 Å². The minimum Gasteiger partial charge on any atom is -0.349 e. The number of fused-ring (bicyclic) bond motifs is 1. The van der Waals surface area contributed by atoms with Crippen LogP contribution in [0.25, 0.3) is 5.69 Å². The predicted octanol–water partition coefficient (Wildman–Crippen LogP) is 3.29. The normalized spacial score (nSPS) is 15.3. The fourth-order valence-electron chi connectivity index (χ4n) is 4.16. The summed E-state index contributed by atoms with van der Waals surface area (Å²) in [5.74, 6) is -1.16. The van der Waals surface area contributed by atoms with Gasteiger partial charge in [0.25, 0.3) is 5.56 Å². The number of nitrogens with zero attached hydrogens (tertiary/aromatic N) is 3. The number of aromatic nitrogens is 3.